The molecular weight excluding hydrogens is 962 g/mol. The average Bonchev–Trinajstić information content (AvgIpc) is 4.23. The van der Waals surface area contributed by atoms with Crippen molar-refractivity contribution in [3.05, 3.63) is 253 Å². The number of esters is 1. The topological polar surface area (TPSA) is 66.2 Å². The molecule has 2 aliphatic carbocycles. The van der Waals surface area contributed by atoms with Crippen LogP contribution in [0.15, 0.2) is 219 Å². The molecule has 11 rings (SSSR count). The van der Waals surface area contributed by atoms with Crippen LogP contribution >= 0.6 is 7.92 Å². The van der Waals surface area contributed by atoms with E-state index in [0.29, 0.717) is 56.0 Å². The van der Waals surface area contributed by atoms with Gasteiger partial charge in [0.1, 0.15) is 5.69 Å². The summed E-state index contributed by atoms with van der Waals surface area (Å²) in [6.07, 6.45) is 18.0. The van der Waals surface area contributed by atoms with E-state index in [0.717, 1.165) is 42.3 Å². The fraction of sp³-hybridized carbons (Fsp3) is 0.243. The van der Waals surface area contributed by atoms with Gasteiger partial charge in [-0.25, -0.2) is 4.68 Å². The number of fused-ring (bicyclic) bond motifs is 2. The Morgan fingerprint density at radius 1 is 0.636 bits per heavy atom. The molecule has 386 valence electrons. The second-order valence-corrected chi connectivity index (χ2v) is 23.7. The molecule has 9 aromatic rings. The van der Waals surface area contributed by atoms with Crippen LogP contribution < -0.4 is 15.9 Å². The van der Waals surface area contributed by atoms with Gasteiger partial charge in [0, 0.05) is 0 Å². The van der Waals surface area contributed by atoms with Crippen molar-refractivity contribution in [3.63, 3.8) is 0 Å². The third kappa shape index (κ3) is 12.4. The van der Waals surface area contributed by atoms with Crippen LogP contribution in [0, 0.1) is 49.4 Å². The van der Waals surface area contributed by atoms with Crippen LogP contribution in [-0.2, 0) is 33.8 Å². The van der Waals surface area contributed by atoms with Crippen molar-refractivity contribution in [1.29, 1.82) is 0 Å². The fourth-order valence-electron chi connectivity index (χ4n) is 12.1. The number of carbonyl (C=O) groups is 1. The van der Waals surface area contributed by atoms with E-state index >= 15 is 0 Å². The maximum Gasteiger partial charge on any atom is 0.310 e. The van der Waals surface area contributed by atoms with Gasteiger partial charge >= 0.3 is 5.97 Å². The lowest BCUT2D eigenvalue weighted by Crippen LogP contribution is -2.22. The average molecular weight is 1030 g/mol. The molecule has 0 radical (unpaired) electrons. The molecule has 77 heavy (non-hydrogen) atoms. The van der Waals surface area contributed by atoms with Gasteiger partial charge in [-0.15, -0.1) is 11.7 Å². The number of nitrogens with zero attached hydrogens (tertiary/aromatic N) is 3. The van der Waals surface area contributed by atoms with E-state index in [2.05, 4.69) is 243 Å². The maximum absolute atomic E-state index is 13.7. The van der Waals surface area contributed by atoms with Crippen LogP contribution in [0.1, 0.15) is 59.2 Å². The van der Waals surface area contributed by atoms with E-state index < -0.39 is 7.92 Å². The Bertz CT molecular complexity index is 3480. The van der Waals surface area contributed by atoms with Crippen LogP contribution in [0.2, 0.25) is 0 Å². The fourth-order valence-corrected chi connectivity index (χ4v) is 14.5. The highest BCUT2D eigenvalue weighted by atomic mass is 31.1. The lowest BCUT2D eigenvalue weighted by Gasteiger charge is -2.25. The van der Waals surface area contributed by atoms with Crippen molar-refractivity contribution in [2.75, 3.05) is 13.2 Å². The summed E-state index contributed by atoms with van der Waals surface area (Å²) < 4.78 is 14.4. The lowest BCUT2D eigenvalue weighted by atomic mass is 9.90. The summed E-state index contributed by atoms with van der Waals surface area (Å²) in [5.41, 5.74) is 9.21. The monoisotopic (exact) mass is 1030 g/mol. The maximum atomic E-state index is 13.7. The minimum Gasteiger partial charge on any atom is -0.465 e. The summed E-state index contributed by atoms with van der Waals surface area (Å²) in [5, 5.41) is 17.5. The zero-order chi connectivity index (χ0) is 52.5. The molecule has 0 saturated heterocycles. The summed E-state index contributed by atoms with van der Waals surface area (Å²) >= 11 is 0. The number of rotatable bonds is 19. The third-order valence-electron chi connectivity index (χ3n) is 16.0. The zero-order valence-electron chi connectivity index (χ0n) is 44.3. The molecular formula is C70H68N3O3P. The van der Waals surface area contributed by atoms with Gasteiger partial charge in [-0.05, 0) is 154 Å². The lowest BCUT2D eigenvalue weighted by molar-refractivity contribution is -0.144. The van der Waals surface area contributed by atoms with Gasteiger partial charge in [0.2, 0.25) is 0 Å². The van der Waals surface area contributed by atoms with Gasteiger partial charge < -0.3 is 9.47 Å². The standard InChI is InChI=1S/C70H68N3O3P/c1-4-56-38-53(29-30-54-39-58(34-31-51-16-8-5-9-17-51)60(41-54)46-75-48-62-45-73(72-71-62)44-52-27-24-49(2)25-28-52)42-61(56)47-76-68(74)43-55-32-36-66-59(40-55)33-26-50(3)69(66)70-65-23-15-14-18-57(65)35-37-67(70)77(63-19-10-6-11-20-63)64-21-12-7-13-22-64/h4-37,40,45,53-54,56,58,60-61H,1,38-39,41-44,46-48H2,2-3H3/b30-29+,34-31+. The van der Waals surface area contributed by atoms with E-state index in [1.165, 1.54) is 65.5 Å². The number of carbonyl (C=O) groups excluding carboxylic acids is 1. The van der Waals surface area contributed by atoms with Crippen LogP contribution in [0.3, 0.4) is 0 Å². The quantitative estimate of drug-likeness (QED) is 0.0459. The smallest absolute Gasteiger partial charge is 0.310 e. The molecule has 6 atom stereocenters. The first-order valence-electron chi connectivity index (χ1n) is 27.5. The zero-order valence-corrected chi connectivity index (χ0v) is 45.2. The Labute approximate surface area is 455 Å². The normalized spacial score (nSPS) is 19.5. The molecule has 6 nitrogen and oxygen atoms in total. The number of hydrogen-bond acceptors (Lipinski definition) is 5. The van der Waals surface area contributed by atoms with Crippen LogP contribution in [0.4, 0.5) is 0 Å². The first-order valence-corrected chi connectivity index (χ1v) is 28.8. The molecule has 6 unspecified atom stereocenters. The molecule has 7 heteroatoms. The van der Waals surface area contributed by atoms with Gasteiger partial charge in [-0.1, -0.05) is 223 Å². The largest absolute Gasteiger partial charge is 0.465 e. The van der Waals surface area contributed by atoms with Gasteiger partial charge in [-0.3, -0.25) is 4.79 Å². The van der Waals surface area contributed by atoms with Gasteiger partial charge in [-0.2, -0.15) is 0 Å². The predicted octanol–water partition coefficient (Wildman–Crippen LogP) is 14.7. The minimum absolute atomic E-state index is 0.188. The SMILES string of the molecule is C=CC1CC(/C=C/C2CC(/C=C/c3ccccc3)C(COCc3cn(Cc4ccc(C)cc4)nn3)C2)CC1COC(=O)Cc1ccc2c(-c3c(P(c4ccccc4)c4ccccc4)ccc4ccccc34)c(C)ccc2c1. The van der Waals surface area contributed by atoms with Crippen molar-refractivity contribution < 1.29 is 14.3 Å². The Kier molecular flexibility index (Phi) is 16.2. The minimum atomic E-state index is -0.877. The van der Waals surface area contributed by atoms with Crippen molar-refractivity contribution in [1.82, 2.24) is 15.0 Å². The molecule has 0 N–H and O–H groups in total. The number of hydrogen-bond donors (Lipinski definition) is 0. The summed E-state index contributed by atoms with van der Waals surface area (Å²) in [4.78, 5) is 13.7. The van der Waals surface area contributed by atoms with Crippen LogP contribution in [0.25, 0.3) is 38.7 Å². The molecule has 0 aliphatic heterocycles. The number of allylic oxidation sites excluding steroid dienone is 4. The second-order valence-electron chi connectivity index (χ2n) is 21.5. The molecule has 2 aliphatic rings. The van der Waals surface area contributed by atoms with Crippen LogP contribution in [-0.4, -0.2) is 34.2 Å². The molecule has 0 spiro atoms. The highest BCUT2D eigenvalue weighted by molar-refractivity contribution is 7.80. The molecule has 2 fully saturated rings. The number of aromatic nitrogens is 3. The summed E-state index contributed by atoms with van der Waals surface area (Å²) in [7, 11) is -0.877. The number of aryl methyl sites for hydroxylation is 2. The number of ether oxygens (including phenoxy) is 2. The Balaban J connectivity index is 0.738. The molecule has 1 aromatic heterocycles. The highest BCUT2D eigenvalue weighted by Crippen LogP contribution is 2.45. The van der Waals surface area contributed by atoms with Gasteiger partial charge in [0.05, 0.1) is 39.0 Å². The Morgan fingerprint density at radius 3 is 2.00 bits per heavy atom. The summed E-state index contributed by atoms with van der Waals surface area (Å²) in [5.74, 6) is 2.02. The van der Waals surface area contributed by atoms with Gasteiger partial charge in [0.25, 0.3) is 0 Å². The van der Waals surface area contributed by atoms with Gasteiger partial charge in [0.15, 0.2) is 0 Å². The van der Waals surface area contributed by atoms with Crippen molar-refractivity contribution in [2.24, 2.45) is 35.5 Å². The molecule has 8 aromatic carbocycles. The first kappa shape index (κ1) is 51.6. The molecule has 1 heterocycles. The molecule has 2 saturated carbocycles. The first-order chi connectivity index (χ1) is 37.8. The van der Waals surface area contributed by atoms with Crippen molar-refractivity contribution >= 4 is 57.4 Å². The Morgan fingerprint density at radius 2 is 1.27 bits per heavy atom. The van der Waals surface area contributed by atoms with E-state index in [4.69, 9.17) is 9.47 Å². The third-order valence-corrected chi connectivity index (χ3v) is 18.5. The van der Waals surface area contributed by atoms with Crippen LogP contribution in [0.5, 0.6) is 0 Å². The van der Waals surface area contributed by atoms with E-state index in [-0.39, 0.29) is 18.3 Å². The van der Waals surface area contributed by atoms with E-state index in [1.807, 2.05) is 10.9 Å². The van der Waals surface area contributed by atoms with Crippen molar-refractivity contribution in [3.8, 4) is 11.1 Å². The summed E-state index contributed by atoms with van der Waals surface area (Å²) in [6.45, 7) is 10.8. The molecule has 0 amide bonds. The molecule has 0 bridgehead atoms. The highest BCUT2D eigenvalue weighted by Gasteiger charge is 2.35. The summed E-state index contributed by atoms with van der Waals surface area (Å²) in [6, 6.07) is 65.4. The second kappa shape index (κ2) is 24.2. The predicted molar refractivity (Wildman–Crippen MR) is 319 cm³/mol. The van der Waals surface area contributed by atoms with E-state index in [1.54, 1.807) is 0 Å². The Hall–Kier alpha value is -7.50. The number of benzene rings is 8. The van der Waals surface area contributed by atoms with E-state index in [9.17, 15) is 4.79 Å². The van der Waals surface area contributed by atoms with Crippen molar-refractivity contribution in [2.45, 2.75) is 59.1 Å².